The Bertz CT molecular complexity index is 728. The molecule has 0 spiro atoms. The Morgan fingerprint density at radius 2 is 2.12 bits per heavy atom. The molecule has 0 bridgehead atoms. The van der Waals surface area contributed by atoms with Crippen molar-refractivity contribution in [2.45, 2.75) is 19.1 Å². The fraction of sp³-hybridized carbons (Fsp3) is 0.438. The van der Waals surface area contributed by atoms with E-state index in [1.54, 1.807) is 17.1 Å². The molecule has 0 radical (unpaired) electrons. The van der Waals surface area contributed by atoms with E-state index in [0.717, 1.165) is 11.3 Å². The first kappa shape index (κ1) is 15.1. The summed E-state index contributed by atoms with van der Waals surface area (Å²) in [6.45, 7) is 3.25. The molecule has 1 saturated heterocycles. The fourth-order valence-corrected chi connectivity index (χ4v) is 2.98. The predicted molar refractivity (Wildman–Crippen MR) is 85.5 cm³/mol. The summed E-state index contributed by atoms with van der Waals surface area (Å²) in [6.07, 6.45) is 3.91. The first-order valence-corrected chi connectivity index (χ1v) is 7.99. The van der Waals surface area contributed by atoms with Gasteiger partial charge < -0.3 is 14.5 Å². The maximum atomic E-state index is 14.5. The summed E-state index contributed by atoms with van der Waals surface area (Å²) in [5.74, 6) is -0.239. The average molecular weight is 331 g/mol. The third-order valence-electron chi connectivity index (χ3n) is 4.23. The van der Waals surface area contributed by atoms with Crippen LogP contribution in [0.25, 0.3) is 0 Å². The molecular formula is C16H18FN5O2. The van der Waals surface area contributed by atoms with Gasteiger partial charge in [-0.2, -0.15) is 0 Å². The van der Waals surface area contributed by atoms with E-state index in [2.05, 4.69) is 15.5 Å². The van der Waals surface area contributed by atoms with Gasteiger partial charge in [-0.25, -0.2) is 9.07 Å². The number of ether oxygens (including phenoxy) is 1. The minimum atomic E-state index is -0.239. The highest BCUT2D eigenvalue weighted by molar-refractivity contribution is 6.01. The number of aromatic nitrogens is 3. The molecule has 0 amide bonds. The maximum Gasteiger partial charge on any atom is 0.152 e. The van der Waals surface area contributed by atoms with Crippen LogP contribution in [0.5, 0.6) is 0 Å². The third-order valence-corrected chi connectivity index (χ3v) is 4.23. The normalized spacial score (nSPS) is 20.8. The van der Waals surface area contributed by atoms with Crippen LogP contribution in [-0.2, 0) is 16.1 Å². The van der Waals surface area contributed by atoms with Gasteiger partial charge in [-0.1, -0.05) is 16.4 Å². The molecule has 0 aliphatic carbocycles. The van der Waals surface area contributed by atoms with Gasteiger partial charge >= 0.3 is 0 Å². The molecule has 2 aliphatic heterocycles. The highest BCUT2D eigenvalue weighted by Gasteiger charge is 2.24. The first-order chi connectivity index (χ1) is 11.8. The topological polar surface area (TPSA) is 64.8 Å². The van der Waals surface area contributed by atoms with Crippen molar-refractivity contribution >= 4 is 11.4 Å². The van der Waals surface area contributed by atoms with Gasteiger partial charge in [0.1, 0.15) is 5.82 Å². The van der Waals surface area contributed by atoms with E-state index >= 15 is 0 Å². The van der Waals surface area contributed by atoms with Crippen LogP contribution < -0.4 is 4.90 Å². The van der Waals surface area contributed by atoms with E-state index in [4.69, 9.17) is 9.57 Å². The Labute approximate surface area is 138 Å². The number of rotatable bonds is 4. The van der Waals surface area contributed by atoms with Crippen molar-refractivity contribution in [2.75, 3.05) is 31.2 Å². The summed E-state index contributed by atoms with van der Waals surface area (Å²) in [4.78, 5) is 7.43. The quantitative estimate of drug-likeness (QED) is 0.848. The summed E-state index contributed by atoms with van der Waals surface area (Å²) < 4.78 is 21.5. The lowest BCUT2D eigenvalue weighted by Gasteiger charge is -2.29. The summed E-state index contributed by atoms with van der Waals surface area (Å²) >= 11 is 0. The van der Waals surface area contributed by atoms with Crippen molar-refractivity contribution in [1.82, 2.24) is 15.0 Å². The van der Waals surface area contributed by atoms with Gasteiger partial charge in [-0.15, -0.1) is 5.10 Å². The molecule has 0 saturated carbocycles. The van der Waals surface area contributed by atoms with Gasteiger partial charge in [0.05, 0.1) is 37.4 Å². The minimum absolute atomic E-state index is 0.108. The maximum absolute atomic E-state index is 14.5. The summed E-state index contributed by atoms with van der Waals surface area (Å²) in [6, 6.07) is 5.24. The highest BCUT2D eigenvalue weighted by atomic mass is 19.1. The molecule has 8 heteroatoms. The SMILES string of the molecule is Fc1cc(C2=NOC(Cn3ccnn3)C2)ccc1N1CCOCC1. The van der Waals surface area contributed by atoms with Gasteiger partial charge in [0.2, 0.25) is 0 Å². The average Bonchev–Trinajstić information content (AvgIpc) is 3.28. The predicted octanol–water partition coefficient (Wildman–Crippen LogP) is 1.45. The zero-order valence-electron chi connectivity index (χ0n) is 13.1. The Hall–Kier alpha value is -2.48. The molecule has 1 aromatic heterocycles. The molecule has 2 aromatic rings. The van der Waals surface area contributed by atoms with Crippen molar-refractivity contribution in [3.8, 4) is 0 Å². The van der Waals surface area contributed by atoms with Crippen LogP contribution in [0.1, 0.15) is 12.0 Å². The molecule has 3 heterocycles. The third kappa shape index (κ3) is 3.09. The van der Waals surface area contributed by atoms with E-state index in [1.165, 1.54) is 6.07 Å². The van der Waals surface area contributed by atoms with Gasteiger partial charge in [0.15, 0.2) is 6.10 Å². The fourth-order valence-electron chi connectivity index (χ4n) is 2.98. The highest BCUT2D eigenvalue weighted by Crippen LogP contribution is 2.24. The zero-order valence-corrected chi connectivity index (χ0v) is 13.1. The second-order valence-electron chi connectivity index (χ2n) is 5.86. The minimum Gasteiger partial charge on any atom is -0.390 e. The summed E-state index contributed by atoms with van der Waals surface area (Å²) in [5, 5.41) is 11.8. The number of hydrogen-bond acceptors (Lipinski definition) is 6. The monoisotopic (exact) mass is 331 g/mol. The van der Waals surface area contributed by atoms with Gasteiger partial charge in [0, 0.05) is 31.3 Å². The second-order valence-corrected chi connectivity index (χ2v) is 5.86. The molecule has 2 aliphatic rings. The number of hydrogen-bond donors (Lipinski definition) is 0. The van der Waals surface area contributed by atoms with Crippen molar-refractivity contribution in [3.63, 3.8) is 0 Å². The van der Waals surface area contributed by atoms with Crippen LogP contribution >= 0.6 is 0 Å². The lowest BCUT2D eigenvalue weighted by molar-refractivity contribution is 0.0693. The molecule has 126 valence electrons. The standard InChI is InChI=1S/C16H18FN5O2/c17-14-9-12(1-2-16(14)21-5-7-23-8-6-21)15-10-13(24-19-15)11-22-4-3-18-20-22/h1-4,9,13H,5-8,10-11H2. The molecule has 1 unspecified atom stereocenters. The van der Waals surface area contributed by atoms with Crippen molar-refractivity contribution in [3.05, 3.63) is 42.0 Å². The number of benzene rings is 1. The van der Waals surface area contributed by atoms with Crippen LogP contribution in [0.4, 0.5) is 10.1 Å². The summed E-state index contributed by atoms with van der Waals surface area (Å²) in [7, 11) is 0. The van der Waals surface area contributed by atoms with Crippen LogP contribution in [0, 0.1) is 5.82 Å². The van der Waals surface area contributed by atoms with Crippen LogP contribution in [-0.4, -0.2) is 53.1 Å². The zero-order chi connectivity index (χ0) is 16.4. The van der Waals surface area contributed by atoms with Crippen molar-refractivity contribution in [1.29, 1.82) is 0 Å². The Kier molecular flexibility index (Phi) is 4.12. The molecule has 1 atom stereocenters. The van der Waals surface area contributed by atoms with Crippen molar-refractivity contribution < 1.29 is 14.0 Å². The Balaban J connectivity index is 1.44. The Morgan fingerprint density at radius 1 is 1.25 bits per heavy atom. The van der Waals surface area contributed by atoms with Gasteiger partial charge in [-0.05, 0) is 12.1 Å². The Morgan fingerprint density at radius 3 is 2.88 bits per heavy atom. The van der Waals surface area contributed by atoms with E-state index in [9.17, 15) is 4.39 Å². The van der Waals surface area contributed by atoms with E-state index in [0.29, 0.717) is 45.0 Å². The lowest BCUT2D eigenvalue weighted by Crippen LogP contribution is -2.36. The van der Waals surface area contributed by atoms with E-state index in [-0.39, 0.29) is 11.9 Å². The molecular weight excluding hydrogens is 313 g/mol. The smallest absolute Gasteiger partial charge is 0.152 e. The molecule has 1 aromatic carbocycles. The van der Waals surface area contributed by atoms with Crippen LogP contribution in [0.15, 0.2) is 35.7 Å². The summed E-state index contributed by atoms with van der Waals surface area (Å²) in [5.41, 5.74) is 2.12. The van der Waals surface area contributed by atoms with Gasteiger partial charge in [0.25, 0.3) is 0 Å². The number of oxime groups is 1. The van der Waals surface area contributed by atoms with Crippen molar-refractivity contribution in [2.24, 2.45) is 5.16 Å². The number of halogens is 1. The molecule has 1 fully saturated rings. The van der Waals surface area contributed by atoms with Crippen LogP contribution in [0.3, 0.4) is 0 Å². The molecule has 4 rings (SSSR count). The number of anilines is 1. The van der Waals surface area contributed by atoms with E-state index < -0.39 is 0 Å². The number of morpholine rings is 1. The van der Waals surface area contributed by atoms with Gasteiger partial charge in [-0.3, -0.25) is 0 Å². The number of nitrogens with zero attached hydrogens (tertiary/aromatic N) is 5. The second kappa shape index (κ2) is 6.56. The first-order valence-electron chi connectivity index (χ1n) is 7.99. The molecule has 7 nitrogen and oxygen atoms in total. The van der Waals surface area contributed by atoms with E-state index in [1.807, 2.05) is 17.0 Å². The van der Waals surface area contributed by atoms with Crippen LogP contribution in [0.2, 0.25) is 0 Å². The largest absolute Gasteiger partial charge is 0.390 e. The molecule has 24 heavy (non-hydrogen) atoms. The molecule has 0 N–H and O–H groups in total. The lowest BCUT2D eigenvalue weighted by atomic mass is 10.0.